The molecule has 0 aliphatic heterocycles. The van der Waals surface area contributed by atoms with Crippen molar-refractivity contribution in [1.29, 1.82) is 0 Å². The maximum Gasteiger partial charge on any atom is 0.182 e. The average molecular weight is 349 g/mol. The molecular weight excluding hydrogens is 336 g/mol. The number of rotatable bonds is 2. The lowest BCUT2D eigenvalue weighted by Crippen LogP contribution is -1.97. The molecule has 0 atom stereocenters. The van der Waals surface area contributed by atoms with E-state index in [1.165, 1.54) is 0 Å². The van der Waals surface area contributed by atoms with Gasteiger partial charge in [0.15, 0.2) is 4.77 Å². The Kier molecular flexibility index (Phi) is 3.40. The van der Waals surface area contributed by atoms with Crippen molar-refractivity contribution in [3.8, 4) is 11.4 Å². The maximum atomic E-state index is 5.47. The van der Waals surface area contributed by atoms with E-state index in [0.717, 1.165) is 32.5 Å². The van der Waals surface area contributed by atoms with Gasteiger partial charge < -0.3 is 9.72 Å². The molecule has 0 unspecified atom stereocenters. The second-order valence-corrected chi connectivity index (χ2v) is 5.77. The van der Waals surface area contributed by atoms with Crippen LogP contribution in [0.3, 0.4) is 0 Å². The van der Waals surface area contributed by atoms with E-state index >= 15 is 0 Å². The molecule has 102 valence electrons. The van der Waals surface area contributed by atoms with Crippen molar-refractivity contribution in [1.82, 2.24) is 9.55 Å². The highest BCUT2D eigenvalue weighted by molar-refractivity contribution is 9.10. The number of fused-ring (bicyclic) bond motifs is 1. The zero-order valence-corrected chi connectivity index (χ0v) is 13.5. The average Bonchev–Trinajstić information content (AvgIpc) is 2.77. The third kappa shape index (κ3) is 2.07. The lowest BCUT2D eigenvalue weighted by molar-refractivity contribution is 0.415. The molecule has 0 amide bonds. The van der Waals surface area contributed by atoms with Crippen molar-refractivity contribution in [3.63, 3.8) is 0 Å². The third-order valence-corrected chi connectivity index (χ3v) is 4.51. The van der Waals surface area contributed by atoms with Crippen molar-refractivity contribution >= 4 is 39.2 Å². The first kappa shape index (κ1) is 13.4. The molecule has 0 saturated carbocycles. The zero-order valence-electron chi connectivity index (χ0n) is 11.1. The van der Waals surface area contributed by atoms with Gasteiger partial charge in [0.1, 0.15) is 5.75 Å². The van der Waals surface area contributed by atoms with E-state index in [0.29, 0.717) is 4.77 Å². The second-order valence-electron chi connectivity index (χ2n) is 4.53. The minimum atomic E-state index is 0.675. The summed E-state index contributed by atoms with van der Waals surface area (Å²) in [5.74, 6) is 0.813. The molecule has 1 N–H and O–H groups in total. The van der Waals surface area contributed by atoms with Crippen LogP contribution in [-0.4, -0.2) is 16.7 Å². The number of halogens is 1. The first-order valence-electron chi connectivity index (χ1n) is 6.16. The Morgan fingerprint density at radius 1 is 1.25 bits per heavy atom. The Balaban J connectivity index is 2.38. The molecular formula is C15H13BrN2OS. The van der Waals surface area contributed by atoms with Crippen LogP contribution < -0.4 is 4.74 Å². The van der Waals surface area contributed by atoms with Crippen LogP contribution in [0, 0.1) is 11.7 Å². The van der Waals surface area contributed by atoms with E-state index in [1.807, 2.05) is 34.9 Å². The molecule has 0 bridgehead atoms. The molecule has 0 aliphatic carbocycles. The summed E-state index contributed by atoms with van der Waals surface area (Å²) in [5, 5.41) is 0. The highest BCUT2D eigenvalue weighted by Crippen LogP contribution is 2.28. The first-order valence-corrected chi connectivity index (χ1v) is 7.36. The number of nitrogens with zero attached hydrogens (tertiary/aromatic N) is 1. The van der Waals surface area contributed by atoms with Gasteiger partial charge >= 0.3 is 0 Å². The van der Waals surface area contributed by atoms with Gasteiger partial charge in [0, 0.05) is 10.5 Å². The van der Waals surface area contributed by atoms with Crippen LogP contribution in [-0.2, 0) is 0 Å². The van der Waals surface area contributed by atoms with E-state index in [1.54, 1.807) is 7.11 Å². The number of methoxy groups -OCH3 is 1. The molecule has 0 radical (unpaired) electrons. The van der Waals surface area contributed by atoms with Gasteiger partial charge in [0.2, 0.25) is 0 Å². The summed E-state index contributed by atoms with van der Waals surface area (Å²) < 4.78 is 9.08. The summed E-state index contributed by atoms with van der Waals surface area (Å²) in [6, 6.07) is 12.0. The number of aromatic amines is 1. The number of benzene rings is 2. The zero-order chi connectivity index (χ0) is 14.3. The Hall–Kier alpha value is -1.59. The predicted octanol–water partition coefficient (Wildman–Crippen LogP) is 4.77. The van der Waals surface area contributed by atoms with E-state index in [2.05, 4.69) is 33.9 Å². The molecule has 0 saturated heterocycles. The van der Waals surface area contributed by atoms with Crippen LogP contribution in [0.2, 0.25) is 0 Å². The van der Waals surface area contributed by atoms with E-state index < -0.39 is 0 Å². The van der Waals surface area contributed by atoms with Gasteiger partial charge in [-0.1, -0.05) is 22.0 Å². The van der Waals surface area contributed by atoms with Gasteiger partial charge in [-0.05, 0) is 49.0 Å². The summed E-state index contributed by atoms with van der Waals surface area (Å²) in [5.41, 5.74) is 4.21. The standard InChI is InChI=1S/C15H13BrN2OS/c1-9-11(16)4-3-5-13(9)18-14-8-10(19-2)6-7-12(14)17-15(18)20/h3-8H,1-2H3,(H,17,20). The number of ether oxygens (including phenoxy) is 1. The highest BCUT2D eigenvalue weighted by atomic mass is 79.9. The van der Waals surface area contributed by atoms with Gasteiger partial charge in [0.05, 0.1) is 23.8 Å². The molecule has 0 spiro atoms. The van der Waals surface area contributed by atoms with Crippen LogP contribution in [0.5, 0.6) is 5.75 Å². The van der Waals surface area contributed by atoms with Crippen LogP contribution >= 0.6 is 28.1 Å². The van der Waals surface area contributed by atoms with Gasteiger partial charge in [-0.3, -0.25) is 4.57 Å². The lowest BCUT2D eigenvalue weighted by Gasteiger charge is -2.10. The van der Waals surface area contributed by atoms with Crippen LogP contribution in [0.4, 0.5) is 0 Å². The summed E-state index contributed by atoms with van der Waals surface area (Å²) in [4.78, 5) is 3.23. The summed E-state index contributed by atoms with van der Waals surface area (Å²) in [6.07, 6.45) is 0. The molecule has 2 aromatic carbocycles. The molecule has 1 aromatic heterocycles. The van der Waals surface area contributed by atoms with Crippen molar-refractivity contribution in [2.45, 2.75) is 6.92 Å². The van der Waals surface area contributed by atoms with Crippen molar-refractivity contribution in [3.05, 3.63) is 51.2 Å². The predicted molar refractivity (Wildman–Crippen MR) is 87.4 cm³/mol. The van der Waals surface area contributed by atoms with E-state index in [4.69, 9.17) is 17.0 Å². The SMILES string of the molecule is COc1ccc2[nH]c(=S)n(-c3cccc(Br)c3C)c2c1. The normalized spacial score (nSPS) is 10.9. The quantitative estimate of drug-likeness (QED) is 0.676. The maximum absolute atomic E-state index is 5.47. The molecule has 0 fully saturated rings. The minimum Gasteiger partial charge on any atom is -0.497 e. The fraction of sp³-hybridized carbons (Fsp3) is 0.133. The minimum absolute atomic E-state index is 0.675. The summed E-state index contributed by atoms with van der Waals surface area (Å²) in [6.45, 7) is 2.07. The monoisotopic (exact) mass is 348 g/mol. The molecule has 0 aliphatic rings. The van der Waals surface area contributed by atoms with Crippen LogP contribution in [0.25, 0.3) is 16.7 Å². The topological polar surface area (TPSA) is 29.9 Å². The molecule has 5 heteroatoms. The van der Waals surface area contributed by atoms with Crippen molar-refractivity contribution in [2.24, 2.45) is 0 Å². The first-order chi connectivity index (χ1) is 9.61. The fourth-order valence-corrected chi connectivity index (χ4v) is 2.95. The number of H-pyrrole nitrogens is 1. The highest BCUT2D eigenvalue weighted by Gasteiger charge is 2.11. The third-order valence-electron chi connectivity index (χ3n) is 3.37. The van der Waals surface area contributed by atoms with E-state index in [-0.39, 0.29) is 0 Å². The van der Waals surface area contributed by atoms with Crippen molar-refractivity contribution in [2.75, 3.05) is 7.11 Å². The second kappa shape index (κ2) is 5.07. The Morgan fingerprint density at radius 3 is 2.80 bits per heavy atom. The summed E-state index contributed by atoms with van der Waals surface area (Å²) in [7, 11) is 1.66. The molecule has 3 nitrogen and oxygen atoms in total. The molecule has 1 heterocycles. The van der Waals surface area contributed by atoms with E-state index in [9.17, 15) is 0 Å². The number of aromatic nitrogens is 2. The smallest absolute Gasteiger partial charge is 0.182 e. The molecule has 3 rings (SSSR count). The summed E-state index contributed by atoms with van der Waals surface area (Å²) >= 11 is 9.03. The number of hydrogen-bond acceptors (Lipinski definition) is 2. The number of nitrogens with one attached hydrogen (secondary N) is 1. The number of hydrogen-bond donors (Lipinski definition) is 1. The largest absolute Gasteiger partial charge is 0.497 e. The fourth-order valence-electron chi connectivity index (χ4n) is 2.29. The van der Waals surface area contributed by atoms with Gasteiger partial charge in [-0.15, -0.1) is 0 Å². The van der Waals surface area contributed by atoms with Crippen molar-refractivity contribution < 1.29 is 4.74 Å². The van der Waals surface area contributed by atoms with Crippen LogP contribution in [0.1, 0.15) is 5.56 Å². The molecule has 3 aromatic rings. The number of imidazole rings is 1. The lowest BCUT2D eigenvalue weighted by atomic mass is 10.2. The van der Waals surface area contributed by atoms with Crippen LogP contribution in [0.15, 0.2) is 40.9 Å². The van der Waals surface area contributed by atoms with Gasteiger partial charge in [-0.2, -0.15) is 0 Å². The Morgan fingerprint density at radius 2 is 2.05 bits per heavy atom. The Bertz CT molecular complexity index is 851. The van der Waals surface area contributed by atoms with Gasteiger partial charge in [0.25, 0.3) is 0 Å². The van der Waals surface area contributed by atoms with Gasteiger partial charge in [-0.25, -0.2) is 0 Å². The molecule has 20 heavy (non-hydrogen) atoms. The Labute approximate surface area is 130 Å².